The van der Waals surface area contributed by atoms with Gasteiger partial charge in [-0.15, -0.1) is 10.2 Å². The molecule has 0 saturated heterocycles. The normalized spacial score (nSPS) is 12.2. The molecule has 8 N–H and O–H groups in total. The number of nitrogens with one attached hydrogen (secondary N) is 6. The van der Waals surface area contributed by atoms with Gasteiger partial charge in [0.05, 0.1) is 68.8 Å². The van der Waals surface area contributed by atoms with Gasteiger partial charge in [0.1, 0.15) is 71.0 Å². The Kier molecular flexibility index (Phi) is 22.2. The number of hydrogen-bond acceptors (Lipinski definition) is 29. The number of benzene rings is 4. The minimum Gasteiger partial charge on any atom is -0.495 e. The zero-order valence-electron chi connectivity index (χ0n) is 48.3. The van der Waals surface area contributed by atoms with Crippen molar-refractivity contribution in [2.45, 2.75) is 48.6 Å². The fourth-order valence-corrected chi connectivity index (χ4v) is 11.8. The van der Waals surface area contributed by atoms with E-state index in [1.165, 1.54) is 55.3 Å². The number of nitriles is 4. The first-order valence-corrected chi connectivity index (χ1v) is 32.4. The van der Waals surface area contributed by atoms with Crippen LogP contribution in [0.4, 0.5) is 67.9 Å². The van der Waals surface area contributed by atoms with E-state index in [2.05, 4.69) is 52.2 Å². The Morgan fingerprint density at radius 2 is 1.34 bits per heavy atom. The Morgan fingerprint density at radius 3 is 1.90 bits per heavy atom. The van der Waals surface area contributed by atoms with E-state index in [1.807, 2.05) is 62.1 Å². The van der Waals surface area contributed by atoms with Gasteiger partial charge in [0, 0.05) is 50.6 Å². The van der Waals surface area contributed by atoms with Crippen molar-refractivity contribution in [2.24, 2.45) is 10.2 Å². The minimum absolute atomic E-state index is 0.111. The molecule has 3 aromatic heterocycles. The average molecular weight is 1300 g/mol. The molecule has 0 amide bonds. The van der Waals surface area contributed by atoms with Gasteiger partial charge in [-0.25, -0.2) is 4.98 Å². The molecule has 33 heteroatoms. The lowest BCUT2D eigenvalue weighted by atomic mass is 10.1. The molecule has 28 nitrogen and oxygen atoms in total. The molecule has 0 aliphatic carbocycles. The summed E-state index contributed by atoms with van der Waals surface area (Å²) in [5.41, 5.74) is 10.6. The van der Waals surface area contributed by atoms with E-state index < -0.39 is 20.2 Å². The number of fused-ring (bicyclic) bond motifs is 4. The van der Waals surface area contributed by atoms with Crippen LogP contribution in [0, 0.1) is 45.3 Å². The summed E-state index contributed by atoms with van der Waals surface area (Å²) in [5.74, 6) is 2.33. The van der Waals surface area contributed by atoms with E-state index in [4.69, 9.17) is 34.1 Å². The van der Waals surface area contributed by atoms with Gasteiger partial charge in [-0.1, -0.05) is 58.7 Å². The van der Waals surface area contributed by atoms with Crippen LogP contribution >= 0.6 is 34.4 Å². The highest BCUT2D eigenvalue weighted by Crippen LogP contribution is 2.43. The van der Waals surface area contributed by atoms with Crippen LogP contribution in [0.25, 0.3) is 12.2 Å². The summed E-state index contributed by atoms with van der Waals surface area (Å²) < 4.78 is 83.2. The van der Waals surface area contributed by atoms with Gasteiger partial charge in [0.25, 0.3) is 20.2 Å². The Labute approximate surface area is 525 Å². The predicted octanol–water partition coefficient (Wildman–Crippen LogP) is 10.6. The number of azo groups is 1. The molecule has 0 fully saturated rings. The highest BCUT2D eigenvalue weighted by Gasteiger charge is 2.23. The van der Waals surface area contributed by atoms with Crippen molar-refractivity contribution in [3.05, 3.63) is 105 Å². The molecule has 7 aromatic rings. The van der Waals surface area contributed by atoms with Crippen LogP contribution in [0.3, 0.4) is 0 Å². The molecule has 0 saturated carbocycles. The number of anilines is 10. The van der Waals surface area contributed by atoms with E-state index in [0.717, 1.165) is 39.5 Å². The molecule has 4 bridgehead atoms. The summed E-state index contributed by atoms with van der Waals surface area (Å²) in [6, 6.07) is 26.2. The number of hydrogen-bond donors (Lipinski definition) is 8. The van der Waals surface area contributed by atoms with Crippen LogP contribution in [0.2, 0.25) is 0 Å². The number of nitrogens with zero attached hydrogens (tertiary/aromatic N) is 13. The van der Waals surface area contributed by atoms with Crippen LogP contribution in [0.15, 0.2) is 109 Å². The van der Waals surface area contributed by atoms with E-state index in [0.29, 0.717) is 124 Å². The number of thioether (sulfide) groups is 1. The average Bonchev–Trinajstić information content (AvgIpc) is 2.91. The Bertz CT molecular complexity index is 4180. The smallest absolute Gasteiger partial charge is 0.294 e. The standard InChI is InChI=1S/C56H57N19O9S5/c1-6-74(7-2)44-25-40(42(27-46(44)82-4)70-72-55-65-50(48(86-55)23-36(29-57)30-58)61-19-17-34-9-13-38(14-10-34)88(76,77)78)63-52-67-53-64-41-26-45(75(8-3)33-84-21-22-85-54(68-52)69-53)47(83-5)28-43(41)71-73-56-66-51(49(87-56)24-37(31-59)32-60)62-20-18-35-11-15-39(16-12-35)89(79,80)81/h9-16,23-28,61-62,70H,6-8,17-22,33H2,1-5H3,(H,65,72)(H,76,77,78)(H,79,80,81)(H2,63,64,67,68,69). The van der Waals surface area contributed by atoms with Crippen LogP contribution in [-0.4, -0.2) is 117 Å². The number of allylic oxidation sites excluding steroid dienone is 2. The number of rotatable bonds is 25. The Balaban J connectivity index is 1.12. The number of ether oxygens (including phenoxy) is 3. The highest BCUT2D eigenvalue weighted by atomic mass is 32.2. The summed E-state index contributed by atoms with van der Waals surface area (Å²) in [5, 5.41) is 61.9. The van der Waals surface area contributed by atoms with Crippen molar-refractivity contribution in [3.8, 4) is 35.8 Å². The molecule has 0 unspecified atom stereocenters. The van der Waals surface area contributed by atoms with Gasteiger partial charge >= 0.3 is 0 Å². The number of methoxy groups -OCH3 is 2. The molecule has 4 heterocycles. The third kappa shape index (κ3) is 17.3. The third-order valence-corrected chi connectivity index (χ3v) is 17.3. The summed E-state index contributed by atoms with van der Waals surface area (Å²) in [6.07, 6.45) is 3.64. The summed E-state index contributed by atoms with van der Waals surface area (Å²) >= 11 is 3.55. The van der Waals surface area contributed by atoms with Crippen molar-refractivity contribution >= 4 is 135 Å². The van der Waals surface area contributed by atoms with Gasteiger partial charge in [0.15, 0.2) is 5.16 Å². The van der Waals surface area contributed by atoms with Gasteiger partial charge in [-0.05, 0) is 93.3 Å². The fourth-order valence-electron chi connectivity index (χ4n) is 8.54. The zero-order chi connectivity index (χ0) is 63.7. The molecule has 4 aromatic carbocycles. The Morgan fingerprint density at radius 1 is 0.742 bits per heavy atom. The lowest BCUT2D eigenvalue weighted by molar-refractivity contribution is 0.150. The Hall–Kier alpha value is -9.68. The third-order valence-electron chi connectivity index (χ3n) is 13.0. The number of hydrazine groups is 1. The molecule has 0 atom stereocenters. The van der Waals surface area contributed by atoms with Crippen LogP contribution < -0.4 is 51.4 Å². The first kappa shape index (κ1) is 65.3. The second-order valence-electron chi connectivity index (χ2n) is 18.6. The maximum absolute atomic E-state index is 11.6. The highest BCUT2D eigenvalue weighted by molar-refractivity contribution is 7.99. The second-order valence-corrected chi connectivity index (χ2v) is 24.5. The molecule has 1 aliphatic rings. The first-order chi connectivity index (χ1) is 42.9. The van der Waals surface area contributed by atoms with Gasteiger partial charge in [-0.2, -0.15) is 57.8 Å². The van der Waals surface area contributed by atoms with E-state index in [9.17, 15) is 47.0 Å². The van der Waals surface area contributed by atoms with Crippen LogP contribution in [0.1, 0.15) is 41.7 Å². The molecule has 0 radical (unpaired) electrons. The van der Waals surface area contributed by atoms with Crippen molar-refractivity contribution in [1.82, 2.24) is 24.9 Å². The van der Waals surface area contributed by atoms with Crippen molar-refractivity contribution in [3.63, 3.8) is 0 Å². The van der Waals surface area contributed by atoms with Gasteiger partial charge in [-0.3, -0.25) is 20.0 Å². The molecule has 8 rings (SSSR count). The molecule has 460 valence electrons. The summed E-state index contributed by atoms with van der Waals surface area (Å²) in [7, 11) is -5.64. The zero-order valence-corrected chi connectivity index (χ0v) is 52.3. The monoisotopic (exact) mass is 1300 g/mol. The quantitative estimate of drug-likeness (QED) is 0.0114. The van der Waals surface area contributed by atoms with Gasteiger partial charge in [0.2, 0.25) is 22.2 Å². The number of thiazole rings is 2. The molecule has 1 aliphatic heterocycles. The summed E-state index contributed by atoms with van der Waals surface area (Å²) in [4.78, 5) is 28.4. The summed E-state index contributed by atoms with van der Waals surface area (Å²) in [6.45, 7) is 8.98. The SMILES string of the molecule is CCN(CC)c1cc(Nc2nc3nc(n2)SCCOCN(CC)c2cc(c(N=Nc4nc(NCCc5ccc(S(=O)(=O)O)cc5)c(C=C(C#N)C#N)s4)cc2OC)N3)c(NNc2nc(NCCc3ccc(S(=O)(=O)O)cc3)c(C=C(C#N)C#N)s2)cc1OC. The van der Waals surface area contributed by atoms with E-state index in [-0.39, 0.29) is 50.4 Å². The van der Waals surface area contributed by atoms with Gasteiger partial charge < -0.3 is 45.3 Å². The second kappa shape index (κ2) is 30.3. The lowest BCUT2D eigenvalue weighted by Gasteiger charge is -2.26. The van der Waals surface area contributed by atoms with Crippen molar-refractivity contribution < 1.29 is 40.2 Å². The van der Waals surface area contributed by atoms with Crippen molar-refractivity contribution in [1.29, 1.82) is 21.0 Å². The maximum Gasteiger partial charge on any atom is 0.294 e. The minimum atomic E-state index is -4.37. The molecule has 0 spiro atoms. The topological polar surface area (TPSA) is 399 Å². The first-order valence-electron chi connectivity index (χ1n) is 26.9. The molecular weight excluding hydrogens is 1240 g/mol. The molecule has 89 heavy (non-hydrogen) atoms. The largest absolute Gasteiger partial charge is 0.495 e. The lowest BCUT2D eigenvalue weighted by Crippen LogP contribution is -2.27. The number of aromatic nitrogens is 5. The van der Waals surface area contributed by atoms with Crippen LogP contribution in [-0.2, 0) is 37.8 Å². The van der Waals surface area contributed by atoms with E-state index >= 15 is 0 Å². The predicted molar refractivity (Wildman–Crippen MR) is 341 cm³/mol. The maximum atomic E-state index is 11.6. The van der Waals surface area contributed by atoms with Crippen molar-refractivity contribution in [2.75, 3.05) is 108 Å². The molecular formula is C56H57N19O9S5. The van der Waals surface area contributed by atoms with Crippen LogP contribution in [0.5, 0.6) is 11.5 Å². The van der Waals surface area contributed by atoms with E-state index in [1.54, 1.807) is 43.5 Å². The fraction of sp³-hybridized carbons (Fsp3) is 0.268.